The molecule has 0 saturated heterocycles. The van der Waals surface area contributed by atoms with Crippen molar-refractivity contribution in [2.75, 3.05) is 24.7 Å². The molecule has 0 aromatic heterocycles. The van der Waals surface area contributed by atoms with E-state index in [1.54, 1.807) is 0 Å². The lowest BCUT2D eigenvalue weighted by Crippen LogP contribution is -2.36. The molecule has 0 aliphatic heterocycles. The van der Waals surface area contributed by atoms with E-state index in [0.29, 0.717) is 25.1 Å². The first-order valence-corrected chi connectivity index (χ1v) is 12.4. The molecule has 4 rings (SSSR count). The Kier molecular flexibility index (Phi) is 7.54. The molecule has 7 nitrogen and oxygen atoms in total. The molecular weight excluding hydrogens is 440 g/mol. The van der Waals surface area contributed by atoms with E-state index in [2.05, 4.69) is 34.9 Å². The van der Waals surface area contributed by atoms with Crippen LogP contribution < -0.4 is 10.6 Å². The van der Waals surface area contributed by atoms with Crippen molar-refractivity contribution >= 4 is 29.7 Å². The van der Waals surface area contributed by atoms with Crippen molar-refractivity contribution in [3.05, 3.63) is 59.7 Å². The predicted octanol–water partition coefficient (Wildman–Crippen LogP) is 3.63. The van der Waals surface area contributed by atoms with Gasteiger partial charge >= 0.3 is 12.1 Å². The van der Waals surface area contributed by atoms with E-state index in [-0.39, 0.29) is 36.1 Å². The fourth-order valence-corrected chi connectivity index (χ4v) is 5.27. The van der Waals surface area contributed by atoms with Crippen LogP contribution in [0.1, 0.15) is 36.3 Å². The number of hydrogen-bond acceptors (Lipinski definition) is 5. The molecule has 33 heavy (non-hydrogen) atoms. The summed E-state index contributed by atoms with van der Waals surface area (Å²) in [5.74, 6) is -0.429. The Balaban J connectivity index is 1.22. The van der Waals surface area contributed by atoms with Gasteiger partial charge in [-0.3, -0.25) is 9.59 Å². The Morgan fingerprint density at radius 3 is 2.33 bits per heavy atom. The van der Waals surface area contributed by atoms with Crippen molar-refractivity contribution in [2.45, 2.75) is 31.2 Å². The van der Waals surface area contributed by atoms with Crippen LogP contribution >= 0.6 is 11.8 Å². The van der Waals surface area contributed by atoms with Gasteiger partial charge in [0.2, 0.25) is 5.91 Å². The zero-order valence-electron chi connectivity index (χ0n) is 18.3. The van der Waals surface area contributed by atoms with Crippen LogP contribution in [-0.2, 0) is 14.3 Å². The molecule has 0 bridgehead atoms. The number of nitrogens with one attached hydrogen (secondary N) is 2. The summed E-state index contributed by atoms with van der Waals surface area (Å²) in [5, 5.41) is 14.4. The quantitative estimate of drug-likeness (QED) is 0.486. The van der Waals surface area contributed by atoms with Gasteiger partial charge in [0.05, 0.1) is 5.75 Å². The van der Waals surface area contributed by atoms with E-state index in [4.69, 9.17) is 9.84 Å². The molecule has 2 aliphatic carbocycles. The maximum atomic E-state index is 12.5. The van der Waals surface area contributed by atoms with Crippen molar-refractivity contribution in [3.63, 3.8) is 0 Å². The molecule has 1 fully saturated rings. The average Bonchev–Trinajstić information content (AvgIpc) is 3.40. The topological polar surface area (TPSA) is 105 Å². The largest absolute Gasteiger partial charge is 0.481 e. The second kappa shape index (κ2) is 10.7. The molecule has 2 aliphatic rings. The van der Waals surface area contributed by atoms with E-state index < -0.39 is 12.1 Å². The number of benzene rings is 2. The minimum Gasteiger partial charge on any atom is -0.481 e. The lowest BCUT2D eigenvalue weighted by atomic mass is 9.98. The van der Waals surface area contributed by atoms with Crippen LogP contribution in [0.5, 0.6) is 0 Å². The van der Waals surface area contributed by atoms with Crippen LogP contribution in [0.3, 0.4) is 0 Å². The van der Waals surface area contributed by atoms with Crippen molar-refractivity contribution in [2.24, 2.45) is 5.92 Å². The maximum Gasteiger partial charge on any atom is 0.407 e. The number of thioether (sulfide) groups is 1. The highest BCUT2D eigenvalue weighted by Gasteiger charge is 2.32. The van der Waals surface area contributed by atoms with Gasteiger partial charge in [0.25, 0.3) is 0 Å². The minimum absolute atomic E-state index is 0.0178. The Labute approximate surface area is 197 Å². The molecule has 0 spiro atoms. The minimum atomic E-state index is -0.857. The van der Waals surface area contributed by atoms with Crippen molar-refractivity contribution in [3.8, 4) is 11.1 Å². The number of hydrogen-bond donors (Lipinski definition) is 3. The second-order valence-corrected chi connectivity index (χ2v) is 9.52. The highest BCUT2D eigenvalue weighted by molar-refractivity contribution is 7.99. The molecule has 0 unspecified atom stereocenters. The third-order valence-electron chi connectivity index (χ3n) is 6.24. The van der Waals surface area contributed by atoms with Gasteiger partial charge in [0, 0.05) is 30.2 Å². The maximum absolute atomic E-state index is 12.5. The summed E-state index contributed by atoms with van der Waals surface area (Å²) in [6, 6.07) is 16.3. The van der Waals surface area contributed by atoms with Gasteiger partial charge in [-0.15, -0.1) is 11.8 Å². The molecule has 174 valence electrons. The van der Waals surface area contributed by atoms with Crippen LogP contribution in [0.2, 0.25) is 0 Å². The fraction of sp³-hybridized carbons (Fsp3) is 0.400. The van der Waals surface area contributed by atoms with Gasteiger partial charge in [-0.05, 0) is 41.5 Å². The molecule has 8 heteroatoms. The summed E-state index contributed by atoms with van der Waals surface area (Å²) in [5.41, 5.74) is 4.72. The molecule has 2 aromatic carbocycles. The fourth-order valence-electron chi connectivity index (χ4n) is 4.71. The number of fused-ring (bicyclic) bond motifs is 3. The summed E-state index contributed by atoms with van der Waals surface area (Å²) >= 11 is 1.27. The highest BCUT2D eigenvalue weighted by atomic mass is 32.2. The molecule has 2 aromatic rings. The highest BCUT2D eigenvalue weighted by Crippen LogP contribution is 2.44. The van der Waals surface area contributed by atoms with Crippen LogP contribution in [0.15, 0.2) is 48.5 Å². The Morgan fingerprint density at radius 1 is 1.00 bits per heavy atom. The predicted molar refractivity (Wildman–Crippen MR) is 127 cm³/mol. The first-order valence-electron chi connectivity index (χ1n) is 11.2. The number of rotatable bonds is 9. The Hall–Kier alpha value is -3.00. The first-order chi connectivity index (χ1) is 16.0. The number of ether oxygens (including phenoxy) is 1. The van der Waals surface area contributed by atoms with Gasteiger partial charge in [-0.2, -0.15) is 0 Å². The van der Waals surface area contributed by atoms with Crippen molar-refractivity contribution < 1.29 is 24.2 Å². The van der Waals surface area contributed by atoms with Crippen molar-refractivity contribution in [1.82, 2.24) is 10.6 Å². The SMILES string of the molecule is O=C(O)CSCCNC(=O)[C@@H]1CC[C@H](NC(=O)OCC2c3ccccc3-c3ccccc32)C1. The van der Waals surface area contributed by atoms with Crippen LogP contribution in [0, 0.1) is 5.92 Å². The Bertz CT molecular complexity index is 982. The standard InChI is InChI=1S/C25H28N2O5S/c28-23(29)15-33-12-11-26-24(30)16-9-10-17(13-16)27-25(31)32-14-22-20-7-3-1-5-18(20)19-6-2-4-8-21(19)22/h1-8,16-17,22H,9-15H2,(H,26,30)(H,27,31)(H,28,29)/t16-,17+/m1/s1. The normalized spacial score (nSPS) is 18.9. The van der Waals surface area contributed by atoms with Gasteiger partial charge in [-0.1, -0.05) is 48.5 Å². The number of aliphatic carboxylic acids is 1. The lowest BCUT2D eigenvalue weighted by molar-refractivity contribution is -0.134. The summed E-state index contributed by atoms with van der Waals surface area (Å²) < 4.78 is 5.61. The summed E-state index contributed by atoms with van der Waals surface area (Å²) in [4.78, 5) is 35.3. The third-order valence-corrected chi connectivity index (χ3v) is 7.18. The average molecular weight is 469 g/mol. The summed E-state index contributed by atoms with van der Waals surface area (Å²) in [6.45, 7) is 0.711. The van der Waals surface area contributed by atoms with E-state index in [0.717, 1.165) is 6.42 Å². The zero-order valence-corrected chi connectivity index (χ0v) is 19.1. The molecule has 3 N–H and O–H groups in total. The summed E-state index contributed by atoms with van der Waals surface area (Å²) in [6.07, 6.45) is 1.57. The number of carboxylic acids is 1. The molecule has 0 heterocycles. The molecular formula is C25H28N2O5S. The van der Waals surface area contributed by atoms with Gasteiger partial charge in [-0.25, -0.2) is 4.79 Å². The smallest absolute Gasteiger partial charge is 0.407 e. The third kappa shape index (κ3) is 5.68. The van der Waals surface area contributed by atoms with Gasteiger partial charge < -0.3 is 20.5 Å². The Morgan fingerprint density at radius 2 is 1.67 bits per heavy atom. The molecule has 1 saturated carbocycles. The molecule has 2 amide bonds. The van der Waals surface area contributed by atoms with E-state index in [1.807, 2.05) is 24.3 Å². The summed E-state index contributed by atoms with van der Waals surface area (Å²) in [7, 11) is 0. The van der Waals surface area contributed by atoms with Crippen LogP contribution in [0.4, 0.5) is 4.79 Å². The number of carboxylic acid groups (broad SMARTS) is 1. The van der Waals surface area contributed by atoms with Crippen LogP contribution in [0.25, 0.3) is 11.1 Å². The lowest BCUT2D eigenvalue weighted by Gasteiger charge is -2.17. The van der Waals surface area contributed by atoms with E-state index in [9.17, 15) is 14.4 Å². The number of alkyl carbamates (subject to hydrolysis) is 1. The molecule has 2 atom stereocenters. The number of carbonyl (C=O) groups is 3. The van der Waals surface area contributed by atoms with Crippen molar-refractivity contribution in [1.29, 1.82) is 0 Å². The van der Waals surface area contributed by atoms with Crippen LogP contribution in [-0.4, -0.2) is 53.8 Å². The van der Waals surface area contributed by atoms with Gasteiger partial charge in [0.1, 0.15) is 6.61 Å². The first kappa shape index (κ1) is 23.2. The zero-order chi connectivity index (χ0) is 23.2. The van der Waals surface area contributed by atoms with Gasteiger partial charge in [0.15, 0.2) is 0 Å². The van der Waals surface area contributed by atoms with E-state index in [1.165, 1.54) is 34.0 Å². The number of carbonyl (C=O) groups excluding carboxylic acids is 2. The second-order valence-electron chi connectivity index (χ2n) is 8.41. The number of amides is 2. The van der Waals surface area contributed by atoms with E-state index >= 15 is 0 Å². The molecule has 0 radical (unpaired) electrons. The monoisotopic (exact) mass is 468 g/mol.